The number of carbonyl (C=O) groups excluding carboxylic acids is 2. The third-order valence-electron chi connectivity index (χ3n) is 6.09. The van der Waals surface area contributed by atoms with E-state index in [2.05, 4.69) is 22.4 Å². The molecule has 1 saturated carbocycles. The summed E-state index contributed by atoms with van der Waals surface area (Å²) in [6, 6.07) is 7.73. The zero-order valence-electron chi connectivity index (χ0n) is 18.0. The van der Waals surface area contributed by atoms with Gasteiger partial charge in [-0.05, 0) is 49.2 Å². The Morgan fingerprint density at radius 3 is 2.71 bits per heavy atom. The Hall–Kier alpha value is -2.68. The summed E-state index contributed by atoms with van der Waals surface area (Å²) in [7, 11) is 1.62. The first-order valence-corrected chi connectivity index (χ1v) is 11.3. The van der Waals surface area contributed by atoms with Gasteiger partial charge in [0, 0.05) is 19.0 Å². The number of ether oxygens (including phenoxy) is 1. The van der Waals surface area contributed by atoms with Crippen molar-refractivity contribution in [2.45, 2.75) is 57.7 Å². The number of methoxy groups -OCH3 is 1. The van der Waals surface area contributed by atoms with Crippen LogP contribution in [0.2, 0.25) is 0 Å². The van der Waals surface area contributed by atoms with Crippen LogP contribution >= 0.6 is 12.2 Å². The predicted molar refractivity (Wildman–Crippen MR) is 118 cm³/mol. The van der Waals surface area contributed by atoms with E-state index < -0.39 is 5.92 Å². The Labute approximate surface area is 187 Å². The van der Waals surface area contributed by atoms with Gasteiger partial charge in [0.15, 0.2) is 10.6 Å². The molecule has 2 atom stereocenters. The molecule has 1 aromatic carbocycles. The van der Waals surface area contributed by atoms with E-state index in [1.165, 1.54) is 0 Å². The first kappa shape index (κ1) is 21.5. The molecule has 166 valence electrons. The van der Waals surface area contributed by atoms with Crippen LogP contribution < -0.4 is 10.1 Å². The number of aromatic amines is 1. The minimum atomic E-state index is -0.450. The number of nitrogens with zero attached hydrogens (tertiary/aromatic N) is 3. The molecule has 1 saturated heterocycles. The highest BCUT2D eigenvalue weighted by molar-refractivity contribution is 7.71. The average Bonchev–Trinajstić information content (AvgIpc) is 3.47. The maximum atomic E-state index is 13.2. The van der Waals surface area contributed by atoms with Gasteiger partial charge in [0.1, 0.15) is 5.75 Å². The van der Waals surface area contributed by atoms with Gasteiger partial charge in [-0.3, -0.25) is 19.3 Å². The SMILES string of the molecule is CCCCN1C(=O)CC(C(=O)NCc2n[nH]c(=S)n2C2CC2)C1c1ccc(OC)cc1. The summed E-state index contributed by atoms with van der Waals surface area (Å²) < 4.78 is 7.84. The van der Waals surface area contributed by atoms with Crippen molar-refractivity contribution in [2.75, 3.05) is 13.7 Å². The molecule has 0 bridgehead atoms. The molecule has 2 N–H and O–H groups in total. The second-order valence-corrected chi connectivity index (χ2v) is 8.62. The van der Waals surface area contributed by atoms with Crippen molar-refractivity contribution < 1.29 is 14.3 Å². The topological polar surface area (TPSA) is 92.3 Å². The standard InChI is InChI=1S/C22H29N5O3S/c1-3-4-11-26-19(28)12-17(20(26)14-5-9-16(30-2)10-6-14)21(29)23-13-18-24-25-22(31)27(18)15-7-8-15/h5-6,9-10,15,17,20H,3-4,7-8,11-13H2,1-2H3,(H,23,29)(H,25,31). The summed E-state index contributed by atoms with van der Waals surface area (Å²) >= 11 is 5.32. The molecule has 31 heavy (non-hydrogen) atoms. The highest BCUT2D eigenvalue weighted by atomic mass is 32.1. The lowest BCUT2D eigenvalue weighted by atomic mass is 9.92. The smallest absolute Gasteiger partial charge is 0.226 e. The summed E-state index contributed by atoms with van der Waals surface area (Å²) in [6.45, 7) is 3.03. The molecule has 9 heteroatoms. The lowest BCUT2D eigenvalue weighted by molar-refractivity contribution is -0.129. The Morgan fingerprint density at radius 1 is 1.32 bits per heavy atom. The van der Waals surface area contributed by atoms with Gasteiger partial charge < -0.3 is 15.0 Å². The Kier molecular flexibility index (Phi) is 6.41. The fraction of sp³-hybridized carbons (Fsp3) is 0.545. The van der Waals surface area contributed by atoms with E-state index in [0.29, 0.717) is 17.4 Å². The van der Waals surface area contributed by atoms with Crippen molar-refractivity contribution >= 4 is 24.0 Å². The molecule has 2 heterocycles. The summed E-state index contributed by atoms with van der Waals surface area (Å²) in [5, 5.41) is 10.1. The average molecular weight is 444 g/mol. The molecule has 0 spiro atoms. The first-order valence-electron chi connectivity index (χ1n) is 10.9. The molecule has 2 aliphatic rings. The lowest BCUT2D eigenvalue weighted by Crippen LogP contribution is -2.36. The third-order valence-corrected chi connectivity index (χ3v) is 6.38. The van der Waals surface area contributed by atoms with Crippen LogP contribution in [0.5, 0.6) is 5.75 Å². The van der Waals surface area contributed by atoms with Crippen molar-refractivity contribution in [1.29, 1.82) is 0 Å². The van der Waals surface area contributed by atoms with Crippen LogP contribution in [0, 0.1) is 10.7 Å². The number of benzene rings is 1. The molecular weight excluding hydrogens is 414 g/mol. The van der Waals surface area contributed by atoms with E-state index in [1.807, 2.05) is 33.7 Å². The normalized spacial score (nSPS) is 20.8. The molecule has 1 aliphatic heterocycles. The fourth-order valence-electron chi connectivity index (χ4n) is 4.30. The Bertz CT molecular complexity index is 995. The second kappa shape index (κ2) is 9.21. The summed E-state index contributed by atoms with van der Waals surface area (Å²) in [5.74, 6) is 0.916. The molecule has 1 aromatic heterocycles. The number of amides is 2. The number of hydrogen-bond donors (Lipinski definition) is 2. The molecule has 2 amide bonds. The van der Waals surface area contributed by atoms with Crippen LogP contribution in [0.4, 0.5) is 0 Å². The van der Waals surface area contributed by atoms with Crippen molar-refractivity contribution in [1.82, 2.24) is 25.0 Å². The van der Waals surface area contributed by atoms with E-state index in [9.17, 15) is 9.59 Å². The fourth-order valence-corrected chi connectivity index (χ4v) is 4.60. The largest absolute Gasteiger partial charge is 0.497 e. The number of nitrogens with one attached hydrogen (secondary N) is 2. The van der Waals surface area contributed by atoms with E-state index in [-0.39, 0.29) is 30.8 Å². The van der Waals surface area contributed by atoms with Gasteiger partial charge in [0.2, 0.25) is 11.8 Å². The van der Waals surface area contributed by atoms with Gasteiger partial charge in [-0.2, -0.15) is 5.10 Å². The van der Waals surface area contributed by atoms with E-state index >= 15 is 0 Å². The zero-order valence-corrected chi connectivity index (χ0v) is 18.8. The number of rotatable bonds is 9. The number of hydrogen-bond acceptors (Lipinski definition) is 5. The lowest BCUT2D eigenvalue weighted by Gasteiger charge is -2.28. The molecular formula is C22H29N5O3S. The quantitative estimate of drug-likeness (QED) is 0.580. The highest BCUT2D eigenvalue weighted by Crippen LogP contribution is 2.39. The van der Waals surface area contributed by atoms with Crippen molar-refractivity contribution in [3.63, 3.8) is 0 Å². The molecule has 2 aromatic rings. The Balaban J connectivity index is 1.53. The number of aromatic nitrogens is 3. The van der Waals surface area contributed by atoms with Crippen LogP contribution in [0.15, 0.2) is 24.3 Å². The number of likely N-dealkylation sites (tertiary alicyclic amines) is 1. The van der Waals surface area contributed by atoms with Gasteiger partial charge in [-0.15, -0.1) is 0 Å². The van der Waals surface area contributed by atoms with Gasteiger partial charge in [-0.25, -0.2) is 0 Å². The maximum Gasteiger partial charge on any atom is 0.226 e. The molecule has 4 rings (SSSR count). The number of H-pyrrole nitrogens is 1. The van der Waals surface area contributed by atoms with Crippen molar-refractivity contribution in [3.05, 3.63) is 40.4 Å². The van der Waals surface area contributed by atoms with Crippen molar-refractivity contribution in [2.24, 2.45) is 5.92 Å². The number of unbranched alkanes of at least 4 members (excludes halogenated alkanes) is 1. The summed E-state index contributed by atoms with van der Waals surface area (Å²) in [6.07, 6.45) is 4.26. The molecule has 2 unspecified atom stereocenters. The number of carbonyl (C=O) groups is 2. The van der Waals surface area contributed by atoms with E-state index in [0.717, 1.165) is 42.8 Å². The van der Waals surface area contributed by atoms with E-state index in [4.69, 9.17) is 17.0 Å². The van der Waals surface area contributed by atoms with Gasteiger partial charge in [0.25, 0.3) is 0 Å². The first-order chi connectivity index (χ1) is 15.0. The monoisotopic (exact) mass is 443 g/mol. The van der Waals surface area contributed by atoms with E-state index in [1.54, 1.807) is 7.11 Å². The zero-order chi connectivity index (χ0) is 22.0. The van der Waals surface area contributed by atoms with Crippen LogP contribution in [-0.4, -0.2) is 45.1 Å². The van der Waals surface area contributed by atoms with Gasteiger partial charge in [0.05, 0.1) is 25.6 Å². The molecule has 8 nitrogen and oxygen atoms in total. The van der Waals surface area contributed by atoms with Crippen molar-refractivity contribution in [3.8, 4) is 5.75 Å². The van der Waals surface area contributed by atoms with Crippen LogP contribution in [0.1, 0.15) is 62.5 Å². The summed E-state index contributed by atoms with van der Waals surface area (Å²) in [4.78, 5) is 27.9. The Morgan fingerprint density at radius 2 is 2.06 bits per heavy atom. The molecule has 0 radical (unpaired) electrons. The van der Waals surface area contributed by atoms with Crippen LogP contribution in [0.25, 0.3) is 0 Å². The second-order valence-electron chi connectivity index (χ2n) is 8.23. The summed E-state index contributed by atoms with van der Waals surface area (Å²) in [5.41, 5.74) is 0.948. The predicted octanol–water partition coefficient (Wildman–Crippen LogP) is 3.29. The van der Waals surface area contributed by atoms with Crippen LogP contribution in [-0.2, 0) is 16.1 Å². The van der Waals surface area contributed by atoms with Gasteiger partial charge in [-0.1, -0.05) is 25.5 Å². The molecule has 1 aliphatic carbocycles. The minimum absolute atomic E-state index is 0.0232. The molecule has 2 fully saturated rings. The highest BCUT2D eigenvalue weighted by Gasteiger charge is 2.44. The van der Waals surface area contributed by atoms with Crippen LogP contribution in [0.3, 0.4) is 0 Å². The third kappa shape index (κ3) is 4.51. The minimum Gasteiger partial charge on any atom is -0.497 e. The van der Waals surface area contributed by atoms with Gasteiger partial charge >= 0.3 is 0 Å². The maximum absolute atomic E-state index is 13.2.